The van der Waals surface area contributed by atoms with Crippen molar-refractivity contribution in [2.45, 2.75) is 31.8 Å². The molecular formula is C18H20N2O4S. The molecule has 7 heteroatoms. The average Bonchev–Trinajstić information content (AvgIpc) is 3.01. The molecule has 1 fully saturated rings. The minimum absolute atomic E-state index is 0.0978. The number of sulfone groups is 1. The SMILES string of the molecule is CN(C(=O)c1cn2c3c(cccc3c1=O)CC2)C1CCS(=O)(=O)CC1. The third kappa shape index (κ3) is 2.66. The van der Waals surface area contributed by atoms with Crippen molar-refractivity contribution in [2.24, 2.45) is 0 Å². The molecule has 0 bridgehead atoms. The number of para-hydroxylation sites is 1. The van der Waals surface area contributed by atoms with E-state index in [9.17, 15) is 18.0 Å². The third-order valence-corrected chi connectivity index (χ3v) is 7.14. The third-order valence-electron chi connectivity index (χ3n) is 5.43. The Hall–Kier alpha value is -2.15. The van der Waals surface area contributed by atoms with Crippen LogP contribution in [-0.2, 0) is 22.8 Å². The second-order valence-electron chi connectivity index (χ2n) is 6.93. The fraction of sp³-hybridized carbons (Fsp3) is 0.444. The number of aromatic nitrogens is 1. The Morgan fingerprint density at radius 1 is 1.24 bits per heavy atom. The predicted octanol–water partition coefficient (Wildman–Crippen LogP) is 1.21. The number of pyridine rings is 1. The Morgan fingerprint density at radius 3 is 2.68 bits per heavy atom. The Labute approximate surface area is 146 Å². The molecule has 0 spiro atoms. The molecular weight excluding hydrogens is 340 g/mol. The van der Waals surface area contributed by atoms with E-state index in [1.165, 1.54) is 0 Å². The van der Waals surface area contributed by atoms with Gasteiger partial charge in [-0.25, -0.2) is 8.42 Å². The molecule has 1 amide bonds. The molecule has 1 aromatic heterocycles. The van der Waals surface area contributed by atoms with Crippen molar-refractivity contribution in [2.75, 3.05) is 18.6 Å². The first kappa shape index (κ1) is 16.3. The molecule has 2 aromatic rings. The summed E-state index contributed by atoms with van der Waals surface area (Å²) < 4.78 is 25.2. The average molecular weight is 360 g/mol. The lowest BCUT2D eigenvalue weighted by Gasteiger charge is -2.31. The van der Waals surface area contributed by atoms with Gasteiger partial charge in [-0.3, -0.25) is 9.59 Å². The molecule has 0 saturated carbocycles. The Balaban J connectivity index is 1.70. The summed E-state index contributed by atoms with van der Waals surface area (Å²) in [6.07, 6.45) is 3.39. The van der Waals surface area contributed by atoms with E-state index in [4.69, 9.17) is 0 Å². The summed E-state index contributed by atoms with van der Waals surface area (Å²) in [5.74, 6) is -0.126. The van der Waals surface area contributed by atoms with Crippen molar-refractivity contribution in [1.82, 2.24) is 9.47 Å². The smallest absolute Gasteiger partial charge is 0.259 e. The normalized spacial score (nSPS) is 19.2. The number of rotatable bonds is 2. The summed E-state index contributed by atoms with van der Waals surface area (Å²) in [7, 11) is -1.32. The van der Waals surface area contributed by atoms with Crippen LogP contribution in [0, 0.1) is 0 Å². The number of nitrogens with zero attached hydrogens (tertiary/aromatic N) is 2. The van der Waals surface area contributed by atoms with Crippen molar-refractivity contribution in [1.29, 1.82) is 0 Å². The van der Waals surface area contributed by atoms with Crippen molar-refractivity contribution in [3.63, 3.8) is 0 Å². The van der Waals surface area contributed by atoms with Gasteiger partial charge in [0.15, 0.2) is 0 Å². The highest BCUT2D eigenvalue weighted by atomic mass is 32.2. The standard InChI is InChI=1S/C18H20N2O4S/c1-19(13-6-9-25(23,24)10-7-13)18(22)15-11-20-8-5-12-3-2-4-14(16(12)20)17(15)21/h2-4,11,13H,5-10H2,1H3. The highest BCUT2D eigenvalue weighted by Crippen LogP contribution is 2.25. The summed E-state index contributed by atoms with van der Waals surface area (Å²) in [5.41, 5.74) is 1.99. The topological polar surface area (TPSA) is 76.5 Å². The van der Waals surface area contributed by atoms with Gasteiger partial charge in [0.05, 0.1) is 17.0 Å². The second kappa shape index (κ2) is 5.69. The number of amides is 1. The first-order valence-corrected chi connectivity index (χ1v) is 10.3. The molecule has 4 rings (SSSR count). The van der Waals surface area contributed by atoms with Gasteiger partial charge < -0.3 is 9.47 Å². The number of hydrogen-bond acceptors (Lipinski definition) is 4. The molecule has 3 heterocycles. The fourth-order valence-corrected chi connectivity index (χ4v) is 5.40. The highest BCUT2D eigenvalue weighted by Gasteiger charge is 2.30. The molecule has 2 aliphatic heterocycles. The van der Waals surface area contributed by atoms with Crippen LogP contribution >= 0.6 is 0 Å². The van der Waals surface area contributed by atoms with Crippen molar-refractivity contribution in [3.8, 4) is 0 Å². The number of benzene rings is 1. The zero-order chi connectivity index (χ0) is 17.8. The van der Waals surface area contributed by atoms with Gasteiger partial charge in [-0.05, 0) is 30.9 Å². The number of hydrogen-bond donors (Lipinski definition) is 0. The number of carbonyl (C=O) groups excluding carboxylic acids is 1. The van der Waals surface area contributed by atoms with Crippen LogP contribution in [0.1, 0.15) is 28.8 Å². The van der Waals surface area contributed by atoms with Crippen LogP contribution < -0.4 is 5.43 Å². The molecule has 0 N–H and O–H groups in total. The van der Waals surface area contributed by atoms with Gasteiger partial charge in [0.25, 0.3) is 5.91 Å². The van der Waals surface area contributed by atoms with Crippen LogP contribution in [0.4, 0.5) is 0 Å². The molecule has 25 heavy (non-hydrogen) atoms. The van der Waals surface area contributed by atoms with Crippen molar-refractivity contribution < 1.29 is 13.2 Å². The maximum absolute atomic E-state index is 12.9. The van der Waals surface area contributed by atoms with Crippen molar-refractivity contribution >= 4 is 26.6 Å². The van der Waals surface area contributed by atoms with Crippen LogP contribution in [0.25, 0.3) is 10.9 Å². The molecule has 132 valence electrons. The highest BCUT2D eigenvalue weighted by molar-refractivity contribution is 7.91. The van der Waals surface area contributed by atoms with Crippen molar-refractivity contribution in [3.05, 3.63) is 45.7 Å². The Bertz CT molecular complexity index is 1020. The van der Waals surface area contributed by atoms with Gasteiger partial charge in [0.1, 0.15) is 15.4 Å². The van der Waals surface area contributed by atoms with Gasteiger partial charge in [0, 0.05) is 31.2 Å². The van der Waals surface area contributed by atoms with Crippen LogP contribution in [0.15, 0.2) is 29.2 Å². The molecule has 0 aliphatic carbocycles. The molecule has 0 unspecified atom stereocenters. The summed E-state index contributed by atoms with van der Waals surface area (Å²) in [6, 6.07) is 5.50. The maximum Gasteiger partial charge on any atom is 0.259 e. The van der Waals surface area contributed by atoms with Gasteiger partial charge in [-0.2, -0.15) is 0 Å². The molecule has 1 aromatic carbocycles. The van der Waals surface area contributed by atoms with Gasteiger partial charge in [-0.15, -0.1) is 0 Å². The van der Waals surface area contributed by atoms with Crippen LogP contribution in [0.3, 0.4) is 0 Å². The lowest BCUT2D eigenvalue weighted by Crippen LogP contribution is -2.43. The number of carbonyl (C=O) groups is 1. The van der Waals surface area contributed by atoms with Crippen LogP contribution in [0.5, 0.6) is 0 Å². The molecule has 1 saturated heterocycles. The van der Waals surface area contributed by atoms with E-state index in [-0.39, 0.29) is 34.4 Å². The largest absolute Gasteiger partial charge is 0.346 e. The monoisotopic (exact) mass is 360 g/mol. The minimum atomic E-state index is -2.98. The first-order valence-electron chi connectivity index (χ1n) is 8.50. The first-order chi connectivity index (χ1) is 11.9. The maximum atomic E-state index is 12.9. The molecule has 0 atom stereocenters. The molecule has 0 radical (unpaired) electrons. The van der Waals surface area contributed by atoms with E-state index in [0.29, 0.717) is 18.2 Å². The van der Waals surface area contributed by atoms with E-state index in [1.807, 2.05) is 16.7 Å². The molecule has 6 nitrogen and oxygen atoms in total. The fourth-order valence-electron chi connectivity index (χ4n) is 3.93. The van der Waals surface area contributed by atoms with E-state index < -0.39 is 9.84 Å². The van der Waals surface area contributed by atoms with E-state index in [2.05, 4.69) is 0 Å². The van der Waals surface area contributed by atoms with Crippen LogP contribution in [-0.4, -0.2) is 48.4 Å². The summed E-state index contributed by atoms with van der Waals surface area (Å²) in [5, 5.41) is 0.584. The summed E-state index contributed by atoms with van der Waals surface area (Å²) in [6.45, 7) is 0.766. The van der Waals surface area contributed by atoms with Gasteiger partial charge >= 0.3 is 0 Å². The number of aryl methyl sites for hydroxylation is 2. The zero-order valence-corrected chi connectivity index (χ0v) is 14.9. The van der Waals surface area contributed by atoms with Gasteiger partial charge in [-0.1, -0.05) is 12.1 Å². The summed E-state index contributed by atoms with van der Waals surface area (Å²) in [4.78, 5) is 27.3. The molecule has 2 aliphatic rings. The Kier molecular flexibility index (Phi) is 3.72. The van der Waals surface area contributed by atoms with E-state index in [1.54, 1.807) is 24.2 Å². The lowest BCUT2D eigenvalue weighted by molar-refractivity contribution is 0.0720. The van der Waals surface area contributed by atoms with Gasteiger partial charge in [0.2, 0.25) is 5.43 Å². The van der Waals surface area contributed by atoms with Crippen LogP contribution in [0.2, 0.25) is 0 Å². The summed E-state index contributed by atoms with van der Waals surface area (Å²) >= 11 is 0. The minimum Gasteiger partial charge on any atom is -0.346 e. The lowest BCUT2D eigenvalue weighted by atomic mass is 10.1. The predicted molar refractivity (Wildman–Crippen MR) is 95.7 cm³/mol. The Morgan fingerprint density at radius 2 is 1.96 bits per heavy atom. The quantitative estimate of drug-likeness (QED) is 0.807. The zero-order valence-electron chi connectivity index (χ0n) is 14.1. The van der Waals surface area contributed by atoms with E-state index >= 15 is 0 Å². The van der Waals surface area contributed by atoms with E-state index in [0.717, 1.165) is 24.0 Å². The second-order valence-corrected chi connectivity index (χ2v) is 9.23.